The Balaban J connectivity index is 2.05. The number of benzene rings is 2. The van der Waals surface area contributed by atoms with Crippen LogP contribution >= 0.6 is 0 Å². The molecule has 102 valence electrons. The highest BCUT2D eigenvalue weighted by atomic mass is 19.2. The van der Waals surface area contributed by atoms with Gasteiger partial charge in [0.15, 0.2) is 23.0 Å². The normalized spacial score (nSPS) is 12.8. The zero-order valence-corrected chi connectivity index (χ0v) is 10.2. The van der Waals surface area contributed by atoms with Crippen molar-refractivity contribution in [1.29, 1.82) is 0 Å². The molecule has 0 saturated carbocycles. The lowest BCUT2D eigenvalue weighted by Gasteiger charge is -2.09. The maximum Gasteiger partial charge on any atom is 0.169 e. The lowest BCUT2D eigenvalue weighted by molar-refractivity contribution is 0.492. The molecule has 20 heavy (non-hydrogen) atoms. The molecule has 2 nitrogen and oxygen atoms in total. The molecule has 0 radical (unpaired) electrons. The van der Waals surface area contributed by atoms with Gasteiger partial charge in [-0.1, -0.05) is 18.2 Å². The van der Waals surface area contributed by atoms with Crippen LogP contribution in [0.4, 0.5) is 13.2 Å². The van der Waals surface area contributed by atoms with Gasteiger partial charge in [-0.15, -0.1) is 0 Å². The van der Waals surface area contributed by atoms with Crippen molar-refractivity contribution in [2.45, 2.75) is 6.04 Å². The molecule has 3 aromatic rings. The number of fused-ring (bicyclic) bond motifs is 1. The first-order chi connectivity index (χ1) is 9.56. The van der Waals surface area contributed by atoms with Crippen molar-refractivity contribution in [2.75, 3.05) is 0 Å². The minimum absolute atomic E-state index is 0.0977. The van der Waals surface area contributed by atoms with Gasteiger partial charge in [0.05, 0.1) is 6.04 Å². The lowest BCUT2D eigenvalue weighted by atomic mass is 10.0. The summed E-state index contributed by atoms with van der Waals surface area (Å²) in [4.78, 5) is 0. The number of para-hydroxylation sites is 1. The Morgan fingerprint density at radius 3 is 2.40 bits per heavy atom. The smallest absolute Gasteiger partial charge is 0.169 e. The Labute approximate surface area is 112 Å². The standard InChI is InChI=1S/C15H10F3NO/c16-10-5-4-8(6-12(10)18)14(19)13-7-9-2-1-3-11(17)15(9)20-13/h1-7,14H,19H2. The minimum atomic E-state index is -0.986. The summed E-state index contributed by atoms with van der Waals surface area (Å²) in [5.74, 6) is -2.14. The summed E-state index contributed by atoms with van der Waals surface area (Å²) in [6.07, 6.45) is 0. The molecule has 1 aromatic heterocycles. The van der Waals surface area contributed by atoms with Crippen molar-refractivity contribution in [3.63, 3.8) is 0 Å². The summed E-state index contributed by atoms with van der Waals surface area (Å²) in [5.41, 5.74) is 6.39. The van der Waals surface area contributed by atoms with Crippen LogP contribution in [0.25, 0.3) is 11.0 Å². The molecular formula is C15H10F3NO. The largest absolute Gasteiger partial charge is 0.456 e. The first-order valence-corrected chi connectivity index (χ1v) is 5.95. The second-order valence-electron chi connectivity index (χ2n) is 4.46. The molecule has 5 heteroatoms. The van der Waals surface area contributed by atoms with Crippen LogP contribution in [0.3, 0.4) is 0 Å². The Bertz CT molecular complexity index is 782. The summed E-state index contributed by atoms with van der Waals surface area (Å²) in [6, 6.07) is 8.67. The molecule has 1 heterocycles. The van der Waals surface area contributed by atoms with Gasteiger partial charge >= 0.3 is 0 Å². The minimum Gasteiger partial charge on any atom is -0.456 e. The Morgan fingerprint density at radius 1 is 0.900 bits per heavy atom. The number of halogens is 3. The maximum atomic E-state index is 13.5. The van der Waals surface area contributed by atoms with Gasteiger partial charge in [-0.05, 0) is 29.8 Å². The van der Waals surface area contributed by atoms with Crippen LogP contribution in [0.5, 0.6) is 0 Å². The second kappa shape index (κ2) is 4.68. The van der Waals surface area contributed by atoms with Crippen LogP contribution in [-0.2, 0) is 0 Å². The third-order valence-corrected chi connectivity index (χ3v) is 3.12. The van der Waals surface area contributed by atoms with Crippen molar-refractivity contribution in [2.24, 2.45) is 5.73 Å². The average molecular weight is 277 g/mol. The first kappa shape index (κ1) is 12.7. The fraction of sp³-hybridized carbons (Fsp3) is 0.0667. The van der Waals surface area contributed by atoms with Crippen LogP contribution in [0.15, 0.2) is 46.9 Å². The number of nitrogens with two attached hydrogens (primary N) is 1. The van der Waals surface area contributed by atoms with Gasteiger partial charge < -0.3 is 10.2 Å². The highest BCUT2D eigenvalue weighted by Gasteiger charge is 2.17. The van der Waals surface area contributed by atoms with Crippen LogP contribution in [0.2, 0.25) is 0 Å². The SMILES string of the molecule is NC(c1ccc(F)c(F)c1)c1cc2cccc(F)c2o1. The third kappa shape index (κ3) is 2.06. The number of furan rings is 1. The van der Waals surface area contributed by atoms with Crippen molar-refractivity contribution < 1.29 is 17.6 Å². The molecule has 1 atom stereocenters. The van der Waals surface area contributed by atoms with Crippen LogP contribution in [0.1, 0.15) is 17.4 Å². The summed E-state index contributed by atoms with van der Waals surface area (Å²) < 4.78 is 45.0. The van der Waals surface area contributed by atoms with Gasteiger partial charge in [0.1, 0.15) is 5.76 Å². The molecule has 0 bridgehead atoms. The van der Waals surface area contributed by atoms with Crippen LogP contribution in [0, 0.1) is 17.5 Å². The van der Waals surface area contributed by atoms with Crippen LogP contribution in [-0.4, -0.2) is 0 Å². The van der Waals surface area contributed by atoms with E-state index in [1.165, 1.54) is 12.1 Å². The highest BCUT2D eigenvalue weighted by molar-refractivity contribution is 5.78. The highest BCUT2D eigenvalue weighted by Crippen LogP contribution is 2.28. The van der Waals surface area contributed by atoms with Crippen LogP contribution < -0.4 is 5.73 Å². The van der Waals surface area contributed by atoms with E-state index in [9.17, 15) is 13.2 Å². The van der Waals surface area contributed by atoms with Crippen molar-refractivity contribution >= 4 is 11.0 Å². The van der Waals surface area contributed by atoms with E-state index in [4.69, 9.17) is 10.2 Å². The number of rotatable bonds is 2. The molecule has 0 saturated heterocycles. The predicted molar refractivity (Wildman–Crippen MR) is 68.6 cm³/mol. The van der Waals surface area contributed by atoms with E-state index < -0.39 is 23.5 Å². The van der Waals surface area contributed by atoms with E-state index >= 15 is 0 Å². The van der Waals surface area contributed by atoms with Crippen molar-refractivity contribution in [1.82, 2.24) is 0 Å². The third-order valence-electron chi connectivity index (χ3n) is 3.12. The van der Waals surface area contributed by atoms with Gasteiger partial charge in [-0.3, -0.25) is 0 Å². The van der Waals surface area contributed by atoms with E-state index in [0.29, 0.717) is 10.9 Å². The van der Waals surface area contributed by atoms with E-state index in [0.717, 1.165) is 12.1 Å². The molecule has 0 aliphatic carbocycles. The molecule has 1 unspecified atom stereocenters. The fourth-order valence-corrected chi connectivity index (χ4v) is 2.07. The van der Waals surface area contributed by atoms with Gasteiger partial charge in [0.2, 0.25) is 0 Å². The van der Waals surface area contributed by atoms with E-state index in [1.807, 2.05) is 0 Å². The quantitative estimate of drug-likeness (QED) is 0.771. The summed E-state index contributed by atoms with van der Waals surface area (Å²) in [6.45, 7) is 0. The molecular weight excluding hydrogens is 267 g/mol. The van der Waals surface area contributed by atoms with Crippen molar-refractivity contribution in [3.05, 3.63) is 71.2 Å². The zero-order valence-electron chi connectivity index (χ0n) is 10.2. The predicted octanol–water partition coefficient (Wildman–Crippen LogP) is 3.90. The Morgan fingerprint density at radius 2 is 1.70 bits per heavy atom. The topological polar surface area (TPSA) is 39.2 Å². The maximum absolute atomic E-state index is 13.5. The Hall–Kier alpha value is -2.27. The first-order valence-electron chi connectivity index (χ1n) is 5.95. The molecule has 0 amide bonds. The lowest BCUT2D eigenvalue weighted by Crippen LogP contribution is -2.11. The van der Waals surface area contributed by atoms with E-state index in [-0.39, 0.29) is 11.3 Å². The van der Waals surface area contributed by atoms with Gasteiger partial charge in [-0.2, -0.15) is 0 Å². The molecule has 0 fully saturated rings. The van der Waals surface area contributed by atoms with E-state index in [2.05, 4.69) is 0 Å². The molecule has 0 aliphatic heterocycles. The number of hydrogen-bond acceptors (Lipinski definition) is 2. The molecule has 2 aromatic carbocycles. The molecule has 0 spiro atoms. The monoisotopic (exact) mass is 277 g/mol. The summed E-state index contributed by atoms with van der Waals surface area (Å²) in [5, 5.41) is 0.568. The van der Waals surface area contributed by atoms with Gasteiger partial charge in [-0.25, -0.2) is 13.2 Å². The summed E-state index contributed by atoms with van der Waals surface area (Å²) in [7, 11) is 0. The average Bonchev–Trinajstić information content (AvgIpc) is 2.86. The van der Waals surface area contributed by atoms with E-state index in [1.54, 1.807) is 18.2 Å². The van der Waals surface area contributed by atoms with Gasteiger partial charge in [0.25, 0.3) is 0 Å². The zero-order chi connectivity index (χ0) is 14.3. The molecule has 3 rings (SSSR count). The van der Waals surface area contributed by atoms with Crippen molar-refractivity contribution in [3.8, 4) is 0 Å². The number of hydrogen-bond donors (Lipinski definition) is 1. The molecule has 2 N–H and O–H groups in total. The van der Waals surface area contributed by atoms with Gasteiger partial charge in [0, 0.05) is 5.39 Å². The Kier molecular flexibility index (Phi) is 2.99. The second-order valence-corrected chi connectivity index (χ2v) is 4.46. The fourth-order valence-electron chi connectivity index (χ4n) is 2.07. The summed E-state index contributed by atoms with van der Waals surface area (Å²) >= 11 is 0. The molecule has 0 aliphatic rings.